The highest BCUT2D eigenvalue weighted by Crippen LogP contribution is 2.23. The Hall–Kier alpha value is -1.55. The van der Waals surface area contributed by atoms with Gasteiger partial charge < -0.3 is 5.32 Å². The first kappa shape index (κ1) is 13.9. The highest BCUT2D eigenvalue weighted by molar-refractivity contribution is 6.31. The summed E-state index contributed by atoms with van der Waals surface area (Å²) in [5.74, 6) is 0. The van der Waals surface area contributed by atoms with Crippen LogP contribution in [-0.2, 0) is 0 Å². The lowest BCUT2D eigenvalue weighted by Crippen LogP contribution is -2.06. The first-order valence-electron chi connectivity index (χ1n) is 6.69. The molecule has 1 heterocycles. The molecule has 1 aromatic heterocycles. The van der Waals surface area contributed by atoms with Crippen LogP contribution in [-0.4, -0.2) is 21.3 Å². The molecule has 0 bridgehead atoms. The molecule has 0 radical (unpaired) electrons. The SMILES string of the molecule is CCCCCCNc1cc(Cl)ccc1-n1cncn1. The Morgan fingerprint density at radius 2 is 2.16 bits per heavy atom. The number of nitrogens with zero attached hydrogens (tertiary/aromatic N) is 3. The summed E-state index contributed by atoms with van der Waals surface area (Å²) in [5, 5.41) is 8.31. The van der Waals surface area contributed by atoms with Gasteiger partial charge in [0, 0.05) is 11.6 Å². The van der Waals surface area contributed by atoms with Crippen LogP contribution in [0.2, 0.25) is 5.02 Å². The fraction of sp³-hybridized carbons (Fsp3) is 0.429. The third-order valence-electron chi connectivity index (χ3n) is 2.97. The third-order valence-corrected chi connectivity index (χ3v) is 3.21. The number of rotatable bonds is 7. The molecule has 2 aromatic rings. The van der Waals surface area contributed by atoms with Gasteiger partial charge in [-0.05, 0) is 24.6 Å². The maximum absolute atomic E-state index is 6.06. The van der Waals surface area contributed by atoms with Crippen LogP contribution >= 0.6 is 11.6 Å². The summed E-state index contributed by atoms with van der Waals surface area (Å²) < 4.78 is 1.74. The molecule has 1 N–H and O–H groups in total. The molecular weight excluding hydrogens is 260 g/mol. The molecule has 5 heteroatoms. The van der Waals surface area contributed by atoms with Crippen LogP contribution in [0.5, 0.6) is 0 Å². The van der Waals surface area contributed by atoms with E-state index in [-0.39, 0.29) is 0 Å². The van der Waals surface area contributed by atoms with Gasteiger partial charge in [-0.15, -0.1) is 0 Å². The lowest BCUT2D eigenvalue weighted by atomic mass is 10.2. The standard InChI is InChI=1S/C14H19ClN4/c1-2-3-4-5-8-17-13-9-12(15)6-7-14(13)19-11-16-10-18-19/h6-7,9-11,17H,2-5,8H2,1H3. The minimum absolute atomic E-state index is 0.722. The number of aromatic nitrogens is 3. The van der Waals surface area contributed by atoms with E-state index >= 15 is 0 Å². The van der Waals surface area contributed by atoms with Crippen LogP contribution in [0.15, 0.2) is 30.9 Å². The minimum Gasteiger partial charge on any atom is -0.383 e. The number of halogens is 1. The Morgan fingerprint density at radius 1 is 1.26 bits per heavy atom. The zero-order valence-electron chi connectivity index (χ0n) is 11.1. The van der Waals surface area contributed by atoms with E-state index in [1.807, 2.05) is 18.2 Å². The molecule has 2 rings (SSSR count). The lowest BCUT2D eigenvalue weighted by Gasteiger charge is -2.12. The van der Waals surface area contributed by atoms with E-state index in [4.69, 9.17) is 11.6 Å². The number of hydrogen-bond donors (Lipinski definition) is 1. The van der Waals surface area contributed by atoms with Crippen LogP contribution in [0.25, 0.3) is 5.69 Å². The van der Waals surface area contributed by atoms with E-state index in [9.17, 15) is 0 Å². The molecule has 4 nitrogen and oxygen atoms in total. The van der Waals surface area contributed by atoms with Crippen molar-refractivity contribution in [2.45, 2.75) is 32.6 Å². The highest BCUT2D eigenvalue weighted by Gasteiger charge is 2.05. The van der Waals surface area contributed by atoms with Gasteiger partial charge in [-0.2, -0.15) is 5.10 Å². The van der Waals surface area contributed by atoms with Gasteiger partial charge in [-0.1, -0.05) is 37.8 Å². The largest absolute Gasteiger partial charge is 0.383 e. The fourth-order valence-corrected chi connectivity index (χ4v) is 2.13. The Morgan fingerprint density at radius 3 is 2.89 bits per heavy atom. The summed E-state index contributed by atoms with van der Waals surface area (Å²) in [6, 6.07) is 5.74. The maximum Gasteiger partial charge on any atom is 0.138 e. The maximum atomic E-state index is 6.06. The number of anilines is 1. The molecule has 1 aromatic carbocycles. The van der Waals surface area contributed by atoms with E-state index in [0.717, 1.165) is 29.4 Å². The zero-order valence-corrected chi connectivity index (χ0v) is 11.9. The van der Waals surface area contributed by atoms with Crippen LogP contribution in [0.3, 0.4) is 0 Å². The zero-order chi connectivity index (χ0) is 13.5. The van der Waals surface area contributed by atoms with Crippen LogP contribution in [0.4, 0.5) is 5.69 Å². The Labute approximate surface area is 118 Å². The Bertz CT molecular complexity index is 496. The molecule has 0 aliphatic carbocycles. The van der Waals surface area contributed by atoms with E-state index in [1.165, 1.54) is 25.6 Å². The first-order valence-corrected chi connectivity index (χ1v) is 7.07. The van der Waals surface area contributed by atoms with Gasteiger partial charge in [-0.3, -0.25) is 0 Å². The quantitative estimate of drug-likeness (QED) is 0.781. The monoisotopic (exact) mass is 278 g/mol. The topological polar surface area (TPSA) is 42.7 Å². The average Bonchev–Trinajstić information content (AvgIpc) is 2.92. The molecular formula is C14H19ClN4. The summed E-state index contributed by atoms with van der Waals surface area (Å²) >= 11 is 6.06. The molecule has 0 amide bonds. The highest BCUT2D eigenvalue weighted by atomic mass is 35.5. The number of nitrogens with one attached hydrogen (secondary N) is 1. The predicted molar refractivity (Wildman–Crippen MR) is 79.0 cm³/mol. The number of benzene rings is 1. The summed E-state index contributed by atoms with van der Waals surface area (Å²) in [4.78, 5) is 3.97. The summed E-state index contributed by atoms with van der Waals surface area (Å²) in [6.45, 7) is 3.16. The molecule has 0 unspecified atom stereocenters. The first-order chi connectivity index (χ1) is 9.31. The van der Waals surface area contributed by atoms with Crippen molar-refractivity contribution in [1.29, 1.82) is 0 Å². The van der Waals surface area contributed by atoms with Crippen molar-refractivity contribution in [3.63, 3.8) is 0 Å². The second-order valence-corrected chi connectivity index (χ2v) is 4.93. The van der Waals surface area contributed by atoms with Gasteiger partial charge in [0.1, 0.15) is 12.7 Å². The molecule has 0 atom stereocenters. The van der Waals surface area contributed by atoms with Gasteiger partial charge in [-0.25, -0.2) is 9.67 Å². The number of unbranched alkanes of at least 4 members (excludes halogenated alkanes) is 3. The molecule has 19 heavy (non-hydrogen) atoms. The van der Waals surface area contributed by atoms with Crippen molar-refractivity contribution in [1.82, 2.24) is 14.8 Å². The van der Waals surface area contributed by atoms with Crippen LogP contribution in [0.1, 0.15) is 32.6 Å². The van der Waals surface area contributed by atoms with E-state index in [2.05, 4.69) is 22.3 Å². The molecule has 0 fully saturated rings. The molecule has 0 aliphatic heterocycles. The van der Waals surface area contributed by atoms with E-state index in [1.54, 1.807) is 11.0 Å². The normalized spacial score (nSPS) is 10.6. The van der Waals surface area contributed by atoms with Gasteiger partial charge >= 0.3 is 0 Å². The molecule has 102 valence electrons. The Balaban J connectivity index is 2.04. The van der Waals surface area contributed by atoms with Crippen molar-refractivity contribution in [2.75, 3.05) is 11.9 Å². The van der Waals surface area contributed by atoms with Crippen molar-refractivity contribution in [3.8, 4) is 5.69 Å². The lowest BCUT2D eigenvalue weighted by molar-refractivity contribution is 0.684. The van der Waals surface area contributed by atoms with Crippen LogP contribution < -0.4 is 5.32 Å². The predicted octanol–water partition coefficient (Wildman–Crippen LogP) is 3.91. The van der Waals surface area contributed by atoms with Gasteiger partial charge in [0.05, 0.1) is 11.4 Å². The van der Waals surface area contributed by atoms with Gasteiger partial charge in [0.2, 0.25) is 0 Å². The Kier molecular flexibility index (Phi) is 5.21. The number of hydrogen-bond acceptors (Lipinski definition) is 3. The third kappa shape index (κ3) is 3.96. The summed E-state index contributed by atoms with van der Waals surface area (Å²) in [6.07, 6.45) is 8.17. The molecule has 0 saturated heterocycles. The van der Waals surface area contributed by atoms with Crippen molar-refractivity contribution in [2.24, 2.45) is 0 Å². The van der Waals surface area contributed by atoms with Crippen LogP contribution in [0, 0.1) is 0 Å². The minimum atomic E-state index is 0.722. The summed E-state index contributed by atoms with van der Waals surface area (Å²) in [7, 11) is 0. The molecule has 0 aliphatic rings. The smallest absolute Gasteiger partial charge is 0.138 e. The van der Waals surface area contributed by atoms with E-state index in [0.29, 0.717) is 0 Å². The van der Waals surface area contributed by atoms with Gasteiger partial charge in [0.25, 0.3) is 0 Å². The van der Waals surface area contributed by atoms with E-state index < -0.39 is 0 Å². The second-order valence-electron chi connectivity index (χ2n) is 4.49. The van der Waals surface area contributed by atoms with Crippen molar-refractivity contribution < 1.29 is 0 Å². The average molecular weight is 279 g/mol. The van der Waals surface area contributed by atoms with Gasteiger partial charge in [0.15, 0.2) is 0 Å². The molecule has 0 saturated carbocycles. The molecule has 0 spiro atoms. The fourth-order valence-electron chi connectivity index (χ4n) is 1.96. The second kappa shape index (κ2) is 7.14. The van der Waals surface area contributed by atoms with Crippen molar-refractivity contribution in [3.05, 3.63) is 35.9 Å². The van der Waals surface area contributed by atoms with Crippen molar-refractivity contribution >= 4 is 17.3 Å². The summed E-state index contributed by atoms with van der Waals surface area (Å²) in [5.41, 5.74) is 1.96.